The molecule has 0 saturated carbocycles. The second kappa shape index (κ2) is 5.96. The fourth-order valence-corrected chi connectivity index (χ4v) is 1.76. The molecule has 1 N–H and O–H groups in total. The lowest BCUT2D eigenvalue weighted by atomic mass is 10.2. The van der Waals surface area contributed by atoms with Gasteiger partial charge in [0, 0.05) is 15.3 Å². The molecular formula is C13H10FIN2O2. The van der Waals surface area contributed by atoms with E-state index in [4.69, 9.17) is 4.74 Å². The van der Waals surface area contributed by atoms with Gasteiger partial charge in [0.2, 0.25) is 0 Å². The number of nitrogens with zero attached hydrogens (tertiary/aromatic N) is 1. The van der Waals surface area contributed by atoms with Crippen LogP contribution in [0.3, 0.4) is 0 Å². The van der Waals surface area contributed by atoms with E-state index in [1.165, 1.54) is 19.2 Å². The van der Waals surface area contributed by atoms with Gasteiger partial charge in [0.1, 0.15) is 5.82 Å². The number of ether oxygens (including phenoxy) is 1. The maximum atomic E-state index is 13.5. The van der Waals surface area contributed by atoms with Crippen molar-refractivity contribution in [2.24, 2.45) is 0 Å². The highest BCUT2D eigenvalue weighted by molar-refractivity contribution is 14.1. The Kier molecular flexibility index (Phi) is 4.31. The minimum Gasteiger partial charge on any atom is -0.494 e. The molecule has 1 amide bonds. The molecule has 0 aliphatic heterocycles. The number of hydrogen-bond donors (Lipinski definition) is 1. The summed E-state index contributed by atoms with van der Waals surface area (Å²) in [6.45, 7) is 0. The van der Waals surface area contributed by atoms with E-state index in [1.807, 2.05) is 6.07 Å². The number of benzene rings is 1. The number of halogens is 2. The van der Waals surface area contributed by atoms with Gasteiger partial charge in [0.05, 0.1) is 7.11 Å². The summed E-state index contributed by atoms with van der Waals surface area (Å²) in [7, 11) is 1.37. The number of rotatable bonds is 3. The average molecular weight is 372 g/mol. The molecule has 1 aromatic carbocycles. The van der Waals surface area contributed by atoms with Crippen molar-refractivity contribution in [1.29, 1.82) is 0 Å². The summed E-state index contributed by atoms with van der Waals surface area (Å²) in [4.78, 5) is 15.9. The van der Waals surface area contributed by atoms with Gasteiger partial charge >= 0.3 is 0 Å². The van der Waals surface area contributed by atoms with Gasteiger partial charge in [-0.05, 0) is 52.9 Å². The van der Waals surface area contributed by atoms with Crippen LogP contribution in [0.15, 0.2) is 36.5 Å². The summed E-state index contributed by atoms with van der Waals surface area (Å²) < 4.78 is 19.2. The SMILES string of the molecule is COc1ccc(C(=O)Nc2ccc(I)cn2)cc1F. The third-order valence-electron chi connectivity index (χ3n) is 2.38. The molecule has 4 nitrogen and oxygen atoms in total. The van der Waals surface area contributed by atoms with E-state index in [0.717, 1.165) is 9.64 Å². The minimum absolute atomic E-state index is 0.101. The smallest absolute Gasteiger partial charge is 0.256 e. The molecular weight excluding hydrogens is 362 g/mol. The lowest BCUT2D eigenvalue weighted by molar-refractivity contribution is 0.102. The highest BCUT2D eigenvalue weighted by Crippen LogP contribution is 2.18. The Hall–Kier alpha value is -1.70. The Morgan fingerprint density at radius 1 is 1.37 bits per heavy atom. The number of anilines is 1. The van der Waals surface area contributed by atoms with E-state index in [9.17, 15) is 9.18 Å². The first-order valence-corrected chi connectivity index (χ1v) is 6.44. The van der Waals surface area contributed by atoms with Crippen LogP contribution < -0.4 is 10.1 Å². The number of carbonyl (C=O) groups excluding carboxylic acids is 1. The second-order valence-corrected chi connectivity index (χ2v) is 4.91. The van der Waals surface area contributed by atoms with Crippen molar-refractivity contribution in [3.63, 3.8) is 0 Å². The summed E-state index contributed by atoms with van der Waals surface area (Å²) in [6, 6.07) is 7.52. The Morgan fingerprint density at radius 2 is 2.16 bits per heavy atom. The zero-order valence-corrected chi connectivity index (χ0v) is 12.1. The van der Waals surface area contributed by atoms with Gasteiger partial charge in [-0.3, -0.25) is 4.79 Å². The maximum Gasteiger partial charge on any atom is 0.256 e. The Bertz CT molecular complexity index is 602. The van der Waals surface area contributed by atoms with Gasteiger partial charge in [-0.1, -0.05) is 0 Å². The molecule has 0 aliphatic rings. The number of hydrogen-bond acceptors (Lipinski definition) is 3. The fraction of sp³-hybridized carbons (Fsp3) is 0.0769. The lowest BCUT2D eigenvalue weighted by Gasteiger charge is -2.06. The van der Waals surface area contributed by atoms with Crippen LogP contribution in [-0.2, 0) is 0 Å². The first-order chi connectivity index (χ1) is 9.10. The number of nitrogens with one attached hydrogen (secondary N) is 1. The van der Waals surface area contributed by atoms with Crippen LogP contribution in [0.25, 0.3) is 0 Å². The molecule has 0 saturated heterocycles. The van der Waals surface area contributed by atoms with Crippen LogP contribution in [0, 0.1) is 9.39 Å². The third-order valence-corrected chi connectivity index (χ3v) is 3.02. The van der Waals surface area contributed by atoms with Gasteiger partial charge in [0.25, 0.3) is 5.91 Å². The van der Waals surface area contributed by atoms with Crippen LogP contribution in [-0.4, -0.2) is 18.0 Å². The minimum atomic E-state index is -0.578. The fourth-order valence-electron chi connectivity index (χ4n) is 1.45. The molecule has 0 aliphatic carbocycles. The van der Waals surface area contributed by atoms with Gasteiger partial charge in [0.15, 0.2) is 11.6 Å². The molecule has 0 spiro atoms. The number of methoxy groups -OCH3 is 1. The molecule has 1 aromatic heterocycles. The quantitative estimate of drug-likeness (QED) is 0.843. The van der Waals surface area contributed by atoms with Crippen molar-refractivity contribution in [2.45, 2.75) is 0 Å². The van der Waals surface area contributed by atoms with Crippen molar-refractivity contribution >= 4 is 34.3 Å². The zero-order valence-electron chi connectivity index (χ0n) is 9.98. The normalized spacial score (nSPS) is 10.1. The van der Waals surface area contributed by atoms with Crippen molar-refractivity contribution in [3.05, 3.63) is 51.5 Å². The largest absolute Gasteiger partial charge is 0.494 e. The summed E-state index contributed by atoms with van der Waals surface area (Å²) >= 11 is 2.12. The topological polar surface area (TPSA) is 51.2 Å². The van der Waals surface area contributed by atoms with Crippen LogP contribution in [0.5, 0.6) is 5.75 Å². The van der Waals surface area contributed by atoms with Gasteiger partial charge < -0.3 is 10.1 Å². The predicted octanol–water partition coefficient (Wildman–Crippen LogP) is 3.09. The van der Waals surface area contributed by atoms with E-state index in [0.29, 0.717) is 5.82 Å². The van der Waals surface area contributed by atoms with E-state index >= 15 is 0 Å². The third kappa shape index (κ3) is 3.40. The predicted molar refractivity (Wildman–Crippen MR) is 77.9 cm³/mol. The molecule has 0 bridgehead atoms. The highest BCUT2D eigenvalue weighted by Gasteiger charge is 2.10. The van der Waals surface area contributed by atoms with Gasteiger partial charge in [-0.25, -0.2) is 9.37 Å². The molecule has 0 radical (unpaired) electrons. The van der Waals surface area contributed by atoms with E-state index in [2.05, 4.69) is 32.9 Å². The maximum absolute atomic E-state index is 13.5. The molecule has 2 aromatic rings. The zero-order chi connectivity index (χ0) is 13.8. The number of aromatic nitrogens is 1. The first kappa shape index (κ1) is 13.7. The van der Waals surface area contributed by atoms with E-state index in [-0.39, 0.29) is 11.3 Å². The highest BCUT2D eigenvalue weighted by atomic mass is 127. The van der Waals surface area contributed by atoms with Crippen molar-refractivity contribution in [1.82, 2.24) is 4.98 Å². The van der Waals surface area contributed by atoms with E-state index < -0.39 is 11.7 Å². The van der Waals surface area contributed by atoms with Crippen molar-refractivity contribution in [2.75, 3.05) is 12.4 Å². The van der Waals surface area contributed by atoms with Crippen molar-refractivity contribution < 1.29 is 13.9 Å². The monoisotopic (exact) mass is 372 g/mol. The second-order valence-electron chi connectivity index (χ2n) is 3.67. The average Bonchev–Trinajstić information content (AvgIpc) is 2.41. The first-order valence-electron chi connectivity index (χ1n) is 5.36. The molecule has 0 atom stereocenters. The van der Waals surface area contributed by atoms with Gasteiger partial charge in [-0.2, -0.15) is 0 Å². The Balaban J connectivity index is 2.16. The van der Waals surface area contributed by atoms with Crippen LogP contribution in [0.1, 0.15) is 10.4 Å². The summed E-state index contributed by atoms with van der Waals surface area (Å²) in [5.74, 6) is -0.480. The molecule has 2 rings (SSSR count). The number of pyridine rings is 1. The standard InChI is InChI=1S/C13H10FIN2O2/c1-19-11-4-2-8(6-10(11)14)13(18)17-12-5-3-9(15)7-16-12/h2-7H,1H3,(H,16,17,18). The summed E-state index contributed by atoms with van der Waals surface area (Å²) in [5, 5.41) is 2.59. The van der Waals surface area contributed by atoms with Crippen molar-refractivity contribution in [3.8, 4) is 5.75 Å². The van der Waals surface area contributed by atoms with Gasteiger partial charge in [-0.15, -0.1) is 0 Å². The Morgan fingerprint density at radius 3 is 2.74 bits per heavy atom. The number of carbonyl (C=O) groups is 1. The lowest BCUT2D eigenvalue weighted by Crippen LogP contribution is -2.13. The Labute approximate surface area is 123 Å². The molecule has 6 heteroatoms. The number of amides is 1. The van der Waals surface area contributed by atoms with E-state index in [1.54, 1.807) is 12.3 Å². The molecule has 98 valence electrons. The molecule has 19 heavy (non-hydrogen) atoms. The molecule has 0 fully saturated rings. The molecule has 1 heterocycles. The van der Waals surface area contributed by atoms with Crippen LogP contribution >= 0.6 is 22.6 Å². The van der Waals surface area contributed by atoms with Crippen LogP contribution in [0.2, 0.25) is 0 Å². The summed E-state index contributed by atoms with van der Waals surface area (Å²) in [6.07, 6.45) is 1.63. The summed E-state index contributed by atoms with van der Waals surface area (Å²) in [5.41, 5.74) is 0.207. The van der Waals surface area contributed by atoms with Crippen LogP contribution in [0.4, 0.5) is 10.2 Å². The molecule has 0 unspecified atom stereocenters.